The van der Waals surface area contributed by atoms with Crippen molar-refractivity contribution in [3.63, 3.8) is 0 Å². The summed E-state index contributed by atoms with van der Waals surface area (Å²) >= 11 is 5.81. The molecule has 0 spiro atoms. The monoisotopic (exact) mass is 253 g/mol. The van der Waals surface area contributed by atoms with E-state index in [2.05, 4.69) is 0 Å². The summed E-state index contributed by atoms with van der Waals surface area (Å²) in [7, 11) is 3.61. The van der Waals surface area contributed by atoms with Gasteiger partial charge in [-0.15, -0.1) is 0 Å². The quantitative estimate of drug-likeness (QED) is 0.769. The molecule has 0 saturated carbocycles. The van der Waals surface area contributed by atoms with E-state index in [0.29, 0.717) is 0 Å². The summed E-state index contributed by atoms with van der Waals surface area (Å²) in [4.78, 5) is 13.1. The summed E-state index contributed by atoms with van der Waals surface area (Å²) in [5.41, 5.74) is 0.223. The van der Waals surface area contributed by atoms with Gasteiger partial charge in [0.2, 0.25) is 0 Å². The lowest BCUT2D eigenvalue weighted by atomic mass is 10.2. The van der Waals surface area contributed by atoms with Gasteiger partial charge < -0.3 is 4.90 Å². The Morgan fingerprint density at radius 1 is 1.35 bits per heavy atom. The summed E-state index contributed by atoms with van der Waals surface area (Å²) in [6.45, 7) is 0. The number of allylic oxidation sites excluding steroid dienone is 2. The Hall–Kier alpha value is -1.61. The van der Waals surface area contributed by atoms with Gasteiger partial charge in [-0.05, 0) is 24.3 Å². The van der Waals surface area contributed by atoms with Gasteiger partial charge in [-0.3, -0.25) is 4.79 Å². The van der Waals surface area contributed by atoms with Crippen LogP contribution in [-0.4, -0.2) is 24.8 Å². The maximum absolute atomic E-state index is 13.3. The van der Waals surface area contributed by atoms with Crippen LogP contribution in [-0.2, 0) is 4.79 Å². The lowest BCUT2D eigenvalue weighted by Crippen LogP contribution is -2.01. The van der Waals surface area contributed by atoms with E-state index < -0.39 is 5.82 Å². The molecule has 2 nitrogen and oxygen atoms in total. The molecule has 0 heterocycles. The number of halogens is 2. The fraction of sp³-hybridized carbons (Fsp3) is 0.154. The van der Waals surface area contributed by atoms with Crippen molar-refractivity contribution >= 4 is 23.5 Å². The molecule has 1 aromatic rings. The maximum atomic E-state index is 13.3. The second-order valence-electron chi connectivity index (χ2n) is 3.65. The van der Waals surface area contributed by atoms with Crippen molar-refractivity contribution in [3.8, 4) is 0 Å². The normalized spacial score (nSPS) is 11.3. The number of ketones is 1. The molecule has 0 atom stereocenters. The predicted octanol–water partition coefficient (Wildman–Crippen LogP) is 3.14. The van der Waals surface area contributed by atoms with Crippen LogP contribution in [0.5, 0.6) is 0 Å². The first kappa shape index (κ1) is 13.5. The van der Waals surface area contributed by atoms with E-state index in [1.165, 1.54) is 30.4 Å². The number of hydrogen-bond donors (Lipinski definition) is 0. The smallest absolute Gasteiger partial charge is 0.180 e. The van der Waals surface area contributed by atoms with Crippen molar-refractivity contribution in [2.75, 3.05) is 14.1 Å². The lowest BCUT2D eigenvalue weighted by Gasteiger charge is -2.01. The van der Waals surface area contributed by atoms with E-state index in [1.807, 2.05) is 0 Å². The van der Waals surface area contributed by atoms with Gasteiger partial charge >= 0.3 is 0 Å². The maximum Gasteiger partial charge on any atom is 0.180 e. The largest absolute Gasteiger partial charge is 0.383 e. The van der Waals surface area contributed by atoms with E-state index in [9.17, 15) is 9.18 Å². The average Bonchev–Trinajstić information content (AvgIpc) is 2.25. The first-order valence-corrected chi connectivity index (χ1v) is 5.39. The van der Waals surface area contributed by atoms with Crippen molar-refractivity contribution in [2.24, 2.45) is 0 Å². The van der Waals surface area contributed by atoms with Crippen molar-refractivity contribution in [2.45, 2.75) is 0 Å². The third-order valence-electron chi connectivity index (χ3n) is 1.95. The molecular weight excluding hydrogens is 241 g/mol. The summed E-state index contributed by atoms with van der Waals surface area (Å²) in [5, 5.41) is 0.283. The number of rotatable bonds is 4. The van der Waals surface area contributed by atoms with Gasteiger partial charge in [0.25, 0.3) is 0 Å². The zero-order chi connectivity index (χ0) is 12.8. The third kappa shape index (κ3) is 4.41. The van der Waals surface area contributed by atoms with Crippen molar-refractivity contribution < 1.29 is 9.18 Å². The molecule has 90 valence electrons. The molecule has 0 aliphatic heterocycles. The van der Waals surface area contributed by atoms with Crippen LogP contribution in [0.1, 0.15) is 5.56 Å². The highest BCUT2D eigenvalue weighted by Gasteiger charge is 2.02. The summed E-state index contributed by atoms with van der Waals surface area (Å²) in [6.07, 6.45) is 5.67. The van der Waals surface area contributed by atoms with Crippen LogP contribution in [0.25, 0.3) is 6.08 Å². The highest BCUT2D eigenvalue weighted by atomic mass is 35.5. The molecular formula is C13H13ClFNO. The topological polar surface area (TPSA) is 20.3 Å². The number of benzene rings is 1. The molecule has 1 rings (SSSR count). The van der Waals surface area contributed by atoms with Crippen LogP contribution in [0.2, 0.25) is 5.02 Å². The van der Waals surface area contributed by atoms with Gasteiger partial charge in [0, 0.05) is 31.9 Å². The lowest BCUT2D eigenvalue weighted by molar-refractivity contribution is -0.110. The first-order valence-electron chi connectivity index (χ1n) is 5.01. The first-order chi connectivity index (χ1) is 8.00. The number of carbonyl (C=O) groups excluding carboxylic acids is 1. The SMILES string of the molecule is CN(C)/C=C\C(=O)/C=C/c1c(F)cccc1Cl. The Kier molecular flexibility index (Phi) is 4.91. The molecule has 17 heavy (non-hydrogen) atoms. The van der Waals surface area contributed by atoms with E-state index in [-0.39, 0.29) is 16.4 Å². The third-order valence-corrected chi connectivity index (χ3v) is 2.28. The van der Waals surface area contributed by atoms with Crippen LogP contribution >= 0.6 is 11.6 Å². The zero-order valence-corrected chi connectivity index (χ0v) is 10.4. The van der Waals surface area contributed by atoms with Crippen molar-refractivity contribution in [3.05, 3.63) is 53.0 Å². The van der Waals surface area contributed by atoms with E-state index >= 15 is 0 Å². The molecule has 4 heteroatoms. The van der Waals surface area contributed by atoms with Gasteiger partial charge in [-0.2, -0.15) is 0 Å². The zero-order valence-electron chi connectivity index (χ0n) is 9.65. The summed E-state index contributed by atoms with van der Waals surface area (Å²) in [5.74, 6) is -0.670. The van der Waals surface area contributed by atoms with Gasteiger partial charge in [0.15, 0.2) is 5.78 Å². The molecule has 0 fully saturated rings. The molecule has 0 bridgehead atoms. The van der Waals surface area contributed by atoms with Gasteiger partial charge in [0.05, 0.1) is 5.02 Å². The average molecular weight is 254 g/mol. The Bertz CT molecular complexity index is 446. The van der Waals surface area contributed by atoms with Crippen LogP contribution in [0.15, 0.2) is 36.6 Å². The number of nitrogens with zero attached hydrogens (tertiary/aromatic N) is 1. The Labute approximate surface area is 105 Å². The van der Waals surface area contributed by atoms with E-state index in [0.717, 1.165) is 0 Å². The Balaban J connectivity index is 2.81. The van der Waals surface area contributed by atoms with Gasteiger partial charge in [-0.1, -0.05) is 17.7 Å². The molecule has 0 aliphatic carbocycles. The van der Waals surface area contributed by atoms with E-state index in [4.69, 9.17) is 11.6 Å². The van der Waals surface area contributed by atoms with Gasteiger partial charge in [0.1, 0.15) is 5.82 Å². The number of carbonyl (C=O) groups is 1. The molecule has 0 saturated heterocycles. The van der Waals surface area contributed by atoms with Crippen LogP contribution < -0.4 is 0 Å². The van der Waals surface area contributed by atoms with Crippen LogP contribution in [0.4, 0.5) is 4.39 Å². The molecule has 0 N–H and O–H groups in total. The molecule has 0 amide bonds. The van der Waals surface area contributed by atoms with Gasteiger partial charge in [-0.25, -0.2) is 4.39 Å². The van der Waals surface area contributed by atoms with E-state index in [1.54, 1.807) is 31.3 Å². The fourth-order valence-corrected chi connectivity index (χ4v) is 1.34. The second kappa shape index (κ2) is 6.21. The standard InChI is InChI=1S/C13H13ClFNO/c1-16(2)9-8-10(17)6-7-11-12(14)4-3-5-13(11)15/h3-9H,1-2H3/b7-6+,9-8-. The summed E-state index contributed by atoms with van der Waals surface area (Å²) < 4.78 is 13.3. The fourth-order valence-electron chi connectivity index (χ4n) is 1.11. The molecule has 0 aromatic heterocycles. The second-order valence-corrected chi connectivity index (χ2v) is 4.06. The molecule has 0 aliphatic rings. The highest BCUT2D eigenvalue weighted by molar-refractivity contribution is 6.32. The minimum Gasteiger partial charge on any atom is -0.383 e. The predicted molar refractivity (Wildman–Crippen MR) is 68.3 cm³/mol. The van der Waals surface area contributed by atoms with Crippen LogP contribution in [0, 0.1) is 5.82 Å². The molecule has 0 unspecified atom stereocenters. The molecule has 0 radical (unpaired) electrons. The van der Waals surface area contributed by atoms with Crippen molar-refractivity contribution in [1.82, 2.24) is 4.90 Å². The molecule has 1 aromatic carbocycles. The minimum absolute atomic E-state index is 0.223. The Morgan fingerprint density at radius 2 is 2.06 bits per heavy atom. The Morgan fingerprint density at radius 3 is 2.65 bits per heavy atom. The summed E-state index contributed by atoms with van der Waals surface area (Å²) in [6, 6.07) is 4.39. The number of hydrogen-bond acceptors (Lipinski definition) is 2. The van der Waals surface area contributed by atoms with Crippen LogP contribution in [0.3, 0.4) is 0 Å². The minimum atomic E-state index is -0.446. The van der Waals surface area contributed by atoms with Crippen molar-refractivity contribution in [1.29, 1.82) is 0 Å². The highest BCUT2D eigenvalue weighted by Crippen LogP contribution is 2.20.